The molecule has 0 aliphatic rings. The molecule has 6 nitrogen and oxygen atoms in total. The Hall–Kier alpha value is -4.06. The second-order valence-corrected chi connectivity index (χ2v) is 6.41. The Morgan fingerprint density at radius 3 is 2.10 bits per heavy atom. The van der Waals surface area contributed by atoms with Crippen molar-refractivity contribution in [3.8, 4) is 0 Å². The molecule has 29 heavy (non-hydrogen) atoms. The molecule has 0 atom stereocenters. The number of hydrogen-bond donors (Lipinski definition) is 1. The summed E-state index contributed by atoms with van der Waals surface area (Å²) in [6.45, 7) is -0.0544. The number of hydrogen-bond acceptors (Lipinski definition) is 4. The van der Waals surface area contributed by atoms with Gasteiger partial charge in [-0.25, -0.2) is 5.43 Å². The first-order valence-corrected chi connectivity index (χ1v) is 9.14. The number of fused-ring (bicyclic) bond motifs is 1. The lowest BCUT2D eigenvalue weighted by molar-refractivity contribution is -0.121. The summed E-state index contributed by atoms with van der Waals surface area (Å²) < 4.78 is 1.49. The topological polar surface area (TPSA) is 76.3 Å². The van der Waals surface area contributed by atoms with Gasteiger partial charge in [0.05, 0.1) is 17.4 Å². The van der Waals surface area contributed by atoms with E-state index in [1.165, 1.54) is 10.9 Å². The molecular formula is C23H18N4O2. The van der Waals surface area contributed by atoms with Gasteiger partial charge in [0.1, 0.15) is 6.54 Å². The van der Waals surface area contributed by atoms with E-state index in [2.05, 4.69) is 15.6 Å². The van der Waals surface area contributed by atoms with Gasteiger partial charge in [0.25, 0.3) is 5.91 Å². The quantitative estimate of drug-likeness (QED) is 0.426. The molecule has 1 N–H and O–H groups in total. The number of carbonyl (C=O) groups is 1. The molecule has 0 fully saturated rings. The third kappa shape index (κ3) is 4.11. The predicted molar refractivity (Wildman–Crippen MR) is 113 cm³/mol. The van der Waals surface area contributed by atoms with Crippen LogP contribution in [-0.2, 0) is 11.3 Å². The first-order valence-electron chi connectivity index (χ1n) is 9.14. The molecule has 1 heterocycles. The van der Waals surface area contributed by atoms with Gasteiger partial charge in [0.2, 0.25) is 5.43 Å². The Morgan fingerprint density at radius 2 is 1.45 bits per heavy atom. The number of nitrogens with zero attached hydrogens (tertiary/aromatic N) is 3. The highest BCUT2D eigenvalue weighted by Gasteiger charge is 2.10. The Kier molecular flexibility index (Phi) is 5.25. The van der Waals surface area contributed by atoms with Gasteiger partial charge in [-0.3, -0.25) is 14.3 Å². The molecule has 0 saturated carbocycles. The largest absolute Gasteiger partial charge is 0.287 e. The molecule has 0 unspecified atom stereocenters. The maximum atomic E-state index is 12.6. The summed E-state index contributed by atoms with van der Waals surface area (Å²) in [5.41, 5.74) is 5.50. The van der Waals surface area contributed by atoms with Crippen molar-refractivity contribution in [2.24, 2.45) is 5.10 Å². The summed E-state index contributed by atoms with van der Waals surface area (Å²) in [7, 11) is 0. The van der Waals surface area contributed by atoms with E-state index in [0.29, 0.717) is 16.6 Å². The summed E-state index contributed by atoms with van der Waals surface area (Å²) in [5, 5.41) is 8.98. The summed E-state index contributed by atoms with van der Waals surface area (Å²) >= 11 is 0. The number of para-hydroxylation sites is 1. The van der Waals surface area contributed by atoms with Crippen LogP contribution in [0.1, 0.15) is 11.1 Å². The van der Waals surface area contributed by atoms with E-state index in [4.69, 9.17) is 0 Å². The van der Waals surface area contributed by atoms with Crippen molar-refractivity contribution in [2.45, 2.75) is 6.54 Å². The fraction of sp³-hybridized carbons (Fsp3) is 0.0435. The van der Waals surface area contributed by atoms with Crippen molar-refractivity contribution in [3.63, 3.8) is 0 Å². The van der Waals surface area contributed by atoms with Crippen LogP contribution in [-0.4, -0.2) is 21.4 Å². The van der Waals surface area contributed by atoms with Crippen LogP contribution < -0.4 is 10.9 Å². The maximum Gasteiger partial charge on any atom is 0.261 e. The SMILES string of the molecule is O=C(Cn1ncc(=O)c2ccccc21)NN=C(c1ccccc1)c1ccccc1. The second kappa shape index (κ2) is 8.31. The molecule has 3 aromatic carbocycles. The Balaban J connectivity index is 1.61. The van der Waals surface area contributed by atoms with Crippen molar-refractivity contribution in [2.75, 3.05) is 0 Å². The van der Waals surface area contributed by atoms with Crippen molar-refractivity contribution < 1.29 is 4.79 Å². The molecule has 1 amide bonds. The van der Waals surface area contributed by atoms with E-state index in [0.717, 1.165) is 11.1 Å². The summed E-state index contributed by atoms with van der Waals surface area (Å²) in [5.74, 6) is -0.337. The predicted octanol–water partition coefficient (Wildman–Crippen LogP) is 2.97. The van der Waals surface area contributed by atoms with Gasteiger partial charge < -0.3 is 0 Å². The van der Waals surface area contributed by atoms with Gasteiger partial charge in [-0.2, -0.15) is 10.2 Å². The molecule has 0 saturated heterocycles. The van der Waals surface area contributed by atoms with Crippen molar-refractivity contribution in [1.29, 1.82) is 0 Å². The average molecular weight is 382 g/mol. The molecule has 0 aliphatic heterocycles. The van der Waals surface area contributed by atoms with Gasteiger partial charge in [-0.05, 0) is 12.1 Å². The van der Waals surface area contributed by atoms with Gasteiger partial charge >= 0.3 is 0 Å². The molecule has 0 radical (unpaired) electrons. The van der Waals surface area contributed by atoms with E-state index < -0.39 is 0 Å². The van der Waals surface area contributed by atoms with E-state index in [9.17, 15) is 9.59 Å². The van der Waals surface area contributed by atoms with Crippen LogP contribution in [0.3, 0.4) is 0 Å². The van der Waals surface area contributed by atoms with E-state index >= 15 is 0 Å². The van der Waals surface area contributed by atoms with Crippen molar-refractivity contribution >= 4 is 22.5 Å². The van der Waals surface area contributed by atoms with Crippen LogP contribution in [0, 0.1) is 0 Å². The summed E-state index contributed by atoms with van der Waals surface area (Å²) in [6, 6.07) is 26.4. The number of nitrogens with one attached hydrogen (secondary N) is 1. The van der Waals surface area contributed by atoms with E-state index in [1.807, 2.05) is 60.7 Å². The minimum Gasteiger partial charge on any atom is -0.287 e. The monoisotopic (exact) mass is 382 g/mol. The third-order valence-electron chi connectivity index (χ3n) is 4.44. The van der Waals surface area contributed by atoms with Crippen molar-refractivity contribution in [3.05, 3.63) is 112 Å². The van der Waals surface area contributed by atoms with Crippen LogP contribution in [0.2, 0.25) is 0 Å². The lowest BCUT2D eigenvalue weighted by Gasteiger charge is -2.10. The zero-order valence-corrected chi connectivity index (χ0v) is 15.5. The fourth-order valence-corrected chi connectivity index (χ4v) is 3.06. The lowest BCUT2D eigenvalue weighted by Crippen LogP contribution is -2.27. The number of aromatic nitrogens is 2. The van der Waals surface area contributed by atoms with E-state index in [1.54, 1.807) is 24.3 Å². The van der Waals surface area contributed by atoms with Crippen LogP contribution in [0.25, 0.3) is 10.9 Å². The minimum absolute atomic E-state index is 0.0544. The number of benzene rings is 3. The fourth-order valence-electron chi connectivity index (χ4n) is 3.06. The van der Waals surface area contributed by atoms with Crippen LogP contribution in [0.4, 0.5) is 0 Å². The Morgan fingerprint density at radius 1 is 0.862 bits per heavy atom. The van der Waals surface area contributed by atoms with Crippen LogP contribution in [0.15, 0.2) is 101 Å². The zero-order valence-electron chi connectivity index (χ0n) is 15.5. The summed E-state index contributed by atoms with van der Waals surface area (Å²) in [4.78, 5) is 24.5. The normalized spacial score (nSPS) is 10.5. The van der Waals surface area contributed by atoms with Gasteiger partial charge in [0, 0.05) is 16.5 Å². The standard InChI is InChI=1S/C23H18N4O2/c28-21-15-24-27(20-14-8-7-13-19(20)21)16-22(29)25-26-23(17-9-3-1-4-10-17)18-11-5-2-6-12-18/h1-15H,16H2,(H,25,29). The van der Waals surface area contributed by atoms with Gasteiger partial charge in [-0.1, -0.05) is 72.8 Å². The molecule has 1 aromatic heterocycles. The number of hydrazone groups is 1. The first-order chi connectivity index (χ1) is 14.2. The highest BCUT2D eigenvalue weighted by Crippen LogP contribution is 2.11. The molecular weight excluding hydrogens is 364 g/mol. The third-order valence-corrected chi connectivity index (χ3v) is 4.44. The molecule has 0 aliphatic carbocycles. The Bertz CT molecular complexity index is 1190. The number of rotatable bonds is 5. The van der Waals surface area contributed by atoms with Gasteiger partial charge in [0.15, 0.2) is 0 Å². The number of amides is 1. The smallest absolute Gasteiger partial charge is 0.261 e. The number of carbonyl (C=O) groups excluding carboxylic acids is 1. The zero-order chi connectivity index (χ0) is 20.1. The molecule has 4 rings (SSSR count). The van der Waals surface area contributed by atoms with Crippen LogP contribution >= 0.6 is 0 Å². The average Bonchev–Trinajstić information content (AvgIpc) is 2.77. The van der Waals surface area contributed by atoms with Crippen LogP contribution in [0.5, 0.6) is 0 Å². The highest BCUT2D eigenvalue weighted by atomic mass is 16.2. The molecule has 6 heteroatoms. The second-order valence-electron chi connectivity index (χ2n) is 6.41. The molecule has 0 spiro atoms. The molecule has 142 valence electrons. The maximum absolute atomic E-state index is 12.6. The first kappa shape index (κ1) is 18.3. The van der Waals surface area contributed by atoms with Crippen molar-refractivity contribution in [1.82, 2.24) is 15.2 Å². The van der Waals surface area contributed by atoms with E-state index in [-0.39, 0.29) is 17.9 Å². The minimum atomic E-state index is -0.337. The molecule has 4 aromatic rings. The molecule has 0 bridgehead atoms. The lowest BCUT2D eigenvalue weighted by atomic mass is 10.0. The highest BCUT2D eigenvalue weighted by molar-refractivity contribution is 6.13. The van der Waals surface area contributed by atoms with Gasteiger partial charge in [-0.15, -0.1) is 0 Å². The summed E-state index contributed by atoms with van der Waals surface area (Å²) in [6.07, 6.45) is 1.22. The Labute approximate surface area is 167 Å².